The van der Waals surface area contributed by atoms with Crippen LogP contribution in [0.4, 0.5) is 15.8 Å². The standard InChI is InChI=1S/C20H17FN2O5S2/c1-29(25,26)16-10-12-17(13-11-16)30(27,28)23-19-5-3-2-4-18(19)20(24)22-15-8-6-14(21)7-9-15/h2-13,23H,1H3,(H,22,24). The highest BCUT2D eigenvalue weighted by Crippen LogP contribution is 2.22. The lowest BCUT2D eigenvalue weighted by Crippen LogP contribution is -2.18. The second kappa shape index (κ2) is 8.25. The number of carbonyl (C=O) groups excluding carboxylic acids is 1. The molecule has 156 valence electrons. The molecule has 0 saturated heterocycles. The Labute approximate surface area is 173 Å². The Balaban J connectivity index is 1.86. The van der Waals surface area contributed by atoms with Crippen LogP contribution in [0.2, 0.25) is 0 Å². The van der Waals surface area contributed by atoms with Crippen LogP contribution in [-0.4, -0.2) is 29.0 Å². The first-order chi connectivity index (χ1) is 14.1. The average molecular weight is 448 g/mol. The number of anilines is 2. The van der Waals surface area contributed by atoms with Crippen LogP contribution in [0.3, 0.4) is 0 Å². The van der Waals surface area contributed by atoms with Crippen LogP contribution >= 0.6 is 0 Å². The van der Waals surface area contributed by atoms with Crippen molar-refractivity contribution in [3.8, 4) is 0 Å². The number of para-hydroxylation sites is 1. The normalized spacial score (nSPS) is 11.7. The molecule has 30 heavy (non-hydrogen) atoms. The molecule has 0 fully saturated rings. The van der Waals surface area contributed by atoms with E-state index in [1.165, 1.54) is 60.7 Å². The number of carbonyl (C=O) groups is 1. The van der Waals surface area contributed by atoms with Gasteiger partial charge in [-0.2, -0.15) is 0 Å². The highest BCUT2D eigenvalue weighted by molar-refractivity contribution is 7.92. The largest absolute Gasteiger partial charge is 0.322 e. The Hall–Kier alpha value is -3.24. The molecule has 0 unspecified atom stereocenters. The molecule has 0 aliphatic rings. The van der Waals surface area contributed by atoms with Crippen molar-refractivity contribution in [2.75, 3.05) is 16.3 Å². The summed E-state index contributed by atoms with van der Waals surface area (Å²) in [6, 6.07) is 15.8. The minimum Gasteiger partial charge on any atom is -0.322 e. The molecule has 10 heteroatoms. The predicted octanol–water partition coefficient (Wildman–Crippen LogP) is 3.28. The number of halogens is 1. The molecule has 3 rings (SSSR count). The van der Waals surface area contributed by atoms with Crippen molar-refractivity contribution in [2.24, 2.45) is 0 Å². The van der Waals surface area contributed by atoms with Crippen molar-refractivity contribution in [3.05, 3.63) is 84.2 Å². The van der Waals surface area contributed by atoms with Gasteiger partial charge in [0, 0.05) is 11.9 Å². The Kier molecular flexibility index (Phi) is 5.90. The Morgan fingerprint density at radius 2 is 1.37 bits per heavy atom. The average Bonchev–Trinajstić information content (AvgIpc) is 2.69. The summed E-state index contributed by atoms with van der Waals surface area (Å²) in [5, 5.41) is 2.57. The van der Waals surface area contributed by atoms with Crippen LogP contribution in [0, 0.1) is 5.82 Å². The molecule has 0 aromatic heterocycles. The predicted molar refractivity (Wildman–Crippen MR) is 111 cm³/mol. The van der Waals surface area contributed by atoms with E-state index in [4.69, 9.17) is 0 Å². The Bertz CT molecular complexity index is 1290. The van der Waals surface area contributed by atoms with Crippen molar-refractivity contribution in [1.29, 1.82) is 0 Å². The summed E-state index contributed by atoms with van der Waals surface area (Å²) in [4.78, 5) is 12.4. The number of nitrogens with one attached hydrogen (secondary N) is 2. The van der Waals surface area contributed by atoms with E-state index in [0.29, 0.717) is 5.69 Å². The molecular formula is C20H17FN2O5S2. The molecule has 0 heterocycles. The fourth-order valence-corrected chi connectivity index (χ4v) is 4.28. The van der Waals surface area contributed by atoms with E-state index in [9.17, 15) is 26.0 Å². The number of sulfone groups is 1. The van der Waals surface area contributed by atoms with Crippen LogP contribution in [0.25, 0.3) is 0 Å². The first kappa shape index (κ1) is 21.5. The minimum absolute atomic E-state index is 0.0134. The van der Waals surface area contributed by atoms with Crippen molar-refractivity contribution in [3.63, 3.8) is 0 Å². The summed E-state index contributed by atoms with van der Waals surface area (Å²) in [6.07, 6.45) is 1.02. The maximum absolute atomic E-state index is 13.0. The van der Waals surface area contributed by atoms with E-state index in [-0.39, 0.29) is 21.0 Å². The molecule has 0 bridgehead atoms. The van der Waals surface area contributed by atoms with Crippen LogP contribution in [0.15, 0.2) is 82.6 Å². The van der Waals surface area contributed by atoms with E-state index < -0.39 is 31.6 Å². The van der Waals surface area contributed by atoms with Gasteiger partial charge in [-0.05, 0) is 60.7 Å². The third-order valence-electron chi connectivity index (χ3n) is 4.08. The van der Waals surface area contributed by atoms with Gasteiger partial charge in [0.25, 0.3) is 15.9 Å². The summed E-state index contributed by atoms with van der Waals surface area (Å²) < 4.78 is 63.8. The molecular weight excluding hydrogens is 431 g/mol. The molecule has 0 aliphatic heterocycles. The van der Waals surface area contributed by atoms with Gasteiger partial charge in [0.2, 0.25) is 0 Å². The zero-order valence-electron chi connectivity index (χ0n) is 15.7. The van der Waals surface area contributed by atoms with Crippen molar-refractivity contribution in [2.45, 2.75) is 9.79 Å². The van der Waals surface area contributed by atoms with Crippen molar-refractivity contribution >= 4 is 37.1 Å². The fraction of sp³-hybridized carbons (Fsp3) is 0.0500. The molecule has 0 spiro atoms. The van der Waals surface area contributed by atoms with E-state index in [1.54, 1.807) is 12.1 Å². The van der Waals surface area contributed by atoms with Gasteiger partial charge in [0.05, 0.1) is 21.0 Å². The van der Waals surface area contributed by atoms with Gasteiger partial charge in [-0.15, -0.1) is 0 Å². The first-order valence-corrected chi connectivity index (χ1v) is 11.9. The monoisotopic (exact) mass is 448 g/mol. The van der Waals surface area contributed by atoms with E-state index in [0.717, 1.165) is 6.26 Å². The van der Waals surface area contributed by atoms with Gasteiger partial charge in [0.15, 0.2) is 9.84 Å². The number of amides is 1. The van der Waals surface area contributed by atoms with Gasteiger partial charge in [-0.25, -0.2) is 21.2 Å². The maximum Gasteiger partial charge on any atom is 0.261 e. The highest BCUT2D eigenvalue weighted by atomic mass is 32.2. The third-order valence-corrected chi connectivity index (χ3v) is 6.59. The molecule has 3 aromatic rings. The number of benzene rings is 3. The molecule has 3 aromatic carbocycles. The Morgan fingerprint density at radius 1 is 0.800 bits per heavy atom. The minimum atomic E-state index is -4.08. The fourth-order valence-electron chi connectivity index (χ4n) is 2.57. The Morgan fingerprint density at radius 3 is 1.97 bits per heavy atom. The molecule has 0 aliphatic carbocycles. The maximum atomic E-state index is 13.0. The zero-order valence-corrected chi connectivity index (χ0v) is 17.3. The molecule has 0 saturated carbocycles. The quantitative estimate of drug-likeness (QED) is 0.601. The number of hydrogen-bond acceptors (Lipinski definition) is 5. The number of rotatable bonds is 6. The topological polar surface area (TPSA) is 109 Å². The van der Waals surface area contributed by atoms with Crippen LogP contribution < -0.4 is 10.0 Å². The second-order valence-electron chi connectivity index (χ2n) is 6.36. The summed E-state index contributed by atoms with van der Waals surface area (Å²) in [6.45, 7) is 0. The smallest absolute Gasteiger partial charge is 0.261 e. The zero-order chi connectivity index (χ0) is 21.9. The van der Waals surface area contributed by atoms with Crippen molar-refractivity contribution < 1.29 is 26.0 Å². The van der Waals surface area contributed by atoms with E-state index >= 15 is 0 Å². The molecule has 0 radical (unpaired) electrons. The van der Waals surface area contributed by atoms with Crippen LogP contribution in [0.1, 0.15) is 10.4 Å². The van der Waals surface area contributed by atoms with Gasteiger partial charge in [-0.1, -0.05) is 12.1 Å². The SMILES string of the molecule is CS(=O)(=O)c1ccc(S(=O)(=O)Nc2ccccc2C(=O)Nc2ccc(F)cc2)cc1. The summed E-state index contributed by atoms with van der Waals surface area (Å²) in [7, 11) is -7.55. The van der Waals surface area contributed by atoms with E-state index in [1.807, 2.05) is 0 Å². The lowest BCUT2D eigenvalue weighted by atomic mass is 10.1. The lowest BCUT2D eigenvalue weighted by Gasteiger charge is -2.13. The first-order valence-electron chi connectivity index (χ1n) is 8.55. The molecule has 1 amide bonds. The van der Waals surface area contributed by atoms with Crippen LogP contribution in [0.5, 0.6) is 0 Å². The van der Waals surface area contributed by atoms with E-state index in [2.05, 4.69) is 10.0 Å². The number of hydrogen-bond donors (Lipinski definition) is 2. The number of sulfonamides is 1. The van der Waals surface area contributed by atoms with Gasteiger partial charge >= 0.3 is 0 Å². The second-order valence-corrected chi connectivity index (χ2v) is 10.1. The highest BCUT2D eigenvalue weighted by Gasteiger charge is 2.19. The van der Waals surface area contributed by atoms with Gasteiger partial charge in [0.1, 0.15) is 5.82 Å². The summed E-state index contributed by atoms with van der Waals surface area (Å²) in [5.74, 6) is -1.05. The summed E-state index contributed by atoms with van der Waals surface area (Å²) >= 11 is 0. The van der Waals surface area contributed by atoms with Crippen LogP contribution in [-0.2, 0) is 19.9 Å². The van der Waals surface area contributed by atoms with Crippen molar-refractivity contribution in [1.82, 2.24) is 0 Å². The van der Waals surface area contributed by atoms with Gasteiger partial charge < -0.3 is 5.32 Å². The van der Waals surface area contributed by atoms with Gasteiger partial charge in [-0.3, -0.25) is 9.52 Å². The molecule has 7 nitrogen and oxygen atoms in total. The molecule has 2 N–H and O–H groups in total. The lowest BCUT2D eigenvalue weighted by molar-refractivity contribution is 0.102. The third kappa shape index (κ3) is 5.02. The molecule has 0 atom stereocenters. The summed E-state index contributed by atoms with van der Waals surface area (Å²) in [5.41, 5.74) is 0.429.